The molecule has 0 saturated carbocycles. The second-order valence-corrected chi connectivity index (χ2v) is 5.48. The molecular weight excluding hydrogens is 276 g/mol. The van der Waals surface area contributed by atoms with Gasteiger partial charge in [-0.05, 0) is 0 Å². The Morgan fingerprint density at radius 1 is 1.35 bits per heavy atom. The third-order valence-electron chi connectivity index (χ3n) is 3.49. The van der Waals surface area contributed by atoms with Crippen LogP contribution in [0.25, 0.3) is 0 Å². The Morgan fingerprint density at radius 3 is 2.95 bits per heavy atom. The molecule has 2 aromatic rings. The molecule has 0 spiro atoms. The van der Waals surface area contributed by atoms with Gasteiger partial charge in [0.25, 0.3) is 0 Å². The summed E-state index contributed by atoms with van der Waals surface area (Å²) in [5.74, 6) is 2.49. The number of halogens is 1. The van der Waals surface area contributed by atoms with Crippen LogP contribution < -0.4 is 4.90 Å². The summed E-state index contributed by atoms with van der Waals surface area (Å²) in [5, 5.41) is 8.07. The van der Waals surface area contributed by atoms with Crippen LogP contribution in [-0.2, 0) is 19.0 Å². The molecule has 0 aromatic carbocycles. The van der Waals surface area contributed by atoms with Gasteiger partial charge in [-0.15, -0.1) is 21.8 Å². The van der Waals surface area contributed by atoms with Crippen LogP contribution in [0.3, 0.4) is 0 Å². The fourth-order valence-electron chi connectivity index (χ4n) is 2.34. The van der Waals surface area contributed by atoms with Crippen LogP contribution in [0.4, 0.5) is 5.69 Å². The first kappa shape index (κ1) is 13.3. The van der Waals surface area contributed by atoms with Crippen LogP contribution in [0.5, 0.6) is 0 Å². The van der Waals surface area contributed by atoms with Crippen LogP contribution in [-0.4, -0.2) is 31.3 Å². The molecule has 0 fully saturated rings. The predicted octanol–water partition coefficient (Wildman–Crippen LogP) is 1.95. The van der Waals surface area contributed by atoms with Crippen molar-refractivity contribution >= 4 is 17.3 Å². The number of nitrogens with zero attached hydrogens (tertiary/aromatic N) is 6. The van der Waals surface area contributed by atoms with E-state index in [9.17, 15) is 0 Å². The van der Waals surface area contributed by atoms with Crippen LogP contribution in [0, 0.1) is 0 Å². The fourth-order valence-corrected chi connectivity index (χ4v) is 2.54. The van der Waals surface area contributed by atoms with E-state index in [0.29, 0.717) is 18.3 Å². The highest BCUT2D eigenvalue weighted by Gasteiger charge is 2.21. The molecule has 0 amide bonds. The molecule has 106 valence electrons. The summed E-state index contributed by atoms with van der Waals surface area (Å²) >= 11 is 6.06. The molecule has 0 radical (unpaired) electrons. The van der Waals surface area contributed by atoms with Gasteiger partial charge in [-0.2, -0.15) is 0 Å². The quantitative estimate of drug-likeness (QED) is 0.809. The van der Waals surface area contributed by atoms with E-state index in [0.717, 1.165) is 36.1 Å². The lowest BCUT2D eigenvalue weighted by atomic mass is 10.2. The Labute approximate surface area is 122 Å². The van der Waals surface area contributed by atoms with Crippen LogP contribution in [0.15, 0.2) is 12.5 Å². The van der Waals surface area contributed by atoms with E-state index in [2.05, 4.69) is 43.5 Å². The summed E-state index contributed by atoms with van der Waals surface area (Å²) in [6, 6.07) is 0. The van der Waals surface area contributed by atoms with Gasteiger partial charge >= 0.3 is 0 Å². The predicted molar refractivity (Wildman–Crippen MR) is 76.8 cm³/mol. The number of hydrogen-bond acceptors (Lipinski definition) is 5. The molecular formula is C13H17ClN6. The van der Waals surface area contributed by atoms with Gasteiger partial charge < -0.3 is 9.47 Å². The van der Waals surface area contributed by atoms with E-state index in [-0.39, 0.29) is 0 Å². The van der Waals surface area contributed by atoms with Crippen molar-refractivity contribution in [3.05, 3.63) is 29.9 Å². The third-order valence-corrected chi connectivity index (χ3v) is 3.74. The van der Waals surface area contributed by atoms with Crippen molar-refractivity contribution in [2.24, 2.45) is 0 Å². The molecule has 0 N–H and O–H groups in total. The van der Waals surface area contributed by atoms with E-state index in [4.69, 9.17) is 11.6 Å². The number of rotatable bonds is 3. The van der Waals surface area contributed by atoms with Crippen molar-refractivity contribution in [1.82, 2.24) is 24.7 Å². The normalized spacial score (nSPS) is 14.7. The summed E-state index contributed by atoms with van der Waals surface area (Å²) in [6.45, 7) is 6.64. The average molecular weight is 293 g/mol. The van der Waals surface area contributed by atoms with Gasteiger partial charge in [-0.1, -0.05) is 13.8 Å². The van der Waals surface area contributed by atoms with Gasteiger partial charge in [0.15, 0.2) is 5.82 Å². The minimum absolute atomic E-state index is 0.301. The van der Waals surface area contributed by atoms with Crippen molar-refractivity contribution in [2.45, 2.75) is 38.7 Å². The standard InChI is InChI=1S/C13H17ClN6/c1-9(2)13-15-6-11(10(5-14)17-13)19-3-4-20-8-16-18-12(20)7-19/h6,8-9H,3-5,7H2,1-2H3. The topological polar surface area (TPSA) is 59.7 Å². The van der Waals surface area contributed by atoms with Gasteiger partial charge in [-0.3, -0.25) is 0 Å². The fraction of sp³-hybridized carbons (Fsp3) is 0.538. The molecule has 20 heavy (non-hydrogen) atoms. The van der Waals surface area contributed by atoms with E-state index >= 15 is 0 Å². The maximum atomic E-state index is 6.06. The van der Waals surface area contributed by atoms with Gasteiger partial charge in [0.2, 0.25) is 0 Å². The Morgan fingerprint density at radius 2 is 2.20 bits per heavy atom. The molecule has 3 heterocycles. The zero-order valence-corrected chi connectivity index (χ0v) is 12.4. The summed E-state index contributed by atoms with van der Waals surface area (Å²) in [6.07, 6.45) is 3.65. The van der Waals surface area contributed by atoms with Crippen LogP contribution in [0.2, 0.25) is 0 Å². The Hall–Kier alpha value is -1.69. The molecule has 0 atom stereocenters. The Kier molecular flexibility index (Phi) is 3.56. The lowest BCUT2D eigenvalue weighted by molar-refractivity contribution is 0.557. The van der Waals surface area contributed by atoms with Crippen molar-refractivity contribution < 1.29 is 0 Å². The number of anilines is 1. The van der Waals surface area contributed by atoms with Gasteiger partial charge in [0.1, 0.15) is 12.2 Å². The van der Waals surface area contributed by atoms with Crippen LogP contribution in [0.1, 0.15) is 37.1 Å². The van der Waals surface area contributed by atoms with E-state index in [1.807, 2.05) is 6.20 Å². The minimum Gasteiger partial charge on any atom is -0.359 e. The largest absolute Gasteiger partial charge is 0.359 e. The van der Waals surface area contributed by atoms with Crippen molar-refractivity contribution in [2.75, 3.05) is 11.4 Å². The smallest absolute Gasteiger partial charge is 0.152 e. The number of fused-ring (bicyclic) bond motifs is 1. The van der Waals surface area contributed by atoms with E-state index in [1.165, 1.54) is 0 Å². The first-order valence-electron chi connectivity index (χ1n) is 6.72. The third kappa shape index (κ3) is 2.35. The van der Waals surface area contributed by atoms with E-state index in [1.54, 1.807) is 6.33 Å². The molecule has 0 aliphatic carbocycles. The molecule has 7 heteroatoms. The Bertz CT molecular complexity index is 609. The molecule has 2 aromatic heterocycles. The summed E-state index contributed by atoms with van der Waals surface area (Å²) in [5.41, 5.74) is 1.89. The van der Waals surface area contributed by atoms with Gasteiger partial charge in [-0.25, -0.2) is 9.97 Å². The van der Waals surface area contributed by atoms with Gasteiger partial charge in [0.05, 0.1) is 30.0 Å². The maximum Gasteiger partial charge on any atom is 0.152 e. The van der Waals surface area contributed by atoms with Crippen molar-refractivity contribution in [3.63, 3.8) is 0 Å². The molecule has 1 aliphatic heterocycles. The van der Waals surface area contributed by atoms with Crippen molar-refractivity contribution in [3.8, 4) is 0 Å². The lowest BCUT2D eigenvalue weighted by Crippen LogP contribution is -2.34. The zero-order valence-electron chi connectivity index (χ0n) is 11.6. The highest BCUT2D eigenvalue weighted by atomic mass is 35.5. The second kappa shape index (κ2) is 5.36. The molecule has 0 unspecified atom stereocenters. The summed E-state index contributed by atoms with van der Waals surface area (Å²) in [4.78, 5) is 11.2. The monoisotopic (exact) mass is 292 g/mol. The number of hydrogen-bond donors (Lipinski definition) is 0. The summed E-state index contributed by atoms with van der Waals surface area (Å²) in [7, 11) is 0. The Balaban J connectivity index is 1.91. The number of alkyl halides is 1. The highest BCUT2D eigenvalue weighted by Crippen LogP contribution is 2.25. The SMILES string of the molecule is CC(C)c1ncc(N2CCn3cnnc3C2)c(CCl)n1. The molecule has 0 saturated heterocycles. The summed E-state index contributed by atoms with van der Waals surface area (Å²) < 4.78 is 2.07. The second-order valence-electron chi connectivity index (χ2n) is 5.21. The van der Waals surface area contributed by atoms with E-state index < -0.39 is 0 Å². The molecule has 0 bridgehead atoms. The van der Waals surface area contributed by atoms with Gasteiger partial charge in [0, 0.05) is 19.0 Å². The minimum atomic E-state index is 0.301. The maximum absolute atomic E-state index is 6.06. The first-order valence-corrected chi connectivity index (χ1v) is 7.26. The van der Waals surface area contributed by atoms with Crippen molar-refractivity contribution in [1.29, 1.82) is 0 Å². The number of aromatic nitrogens is 5. The highest BCUT2D eigenvalue weighted by molar-refractivity contribution is 6.17. The first-order chi connectivity index (χ1) is 9.69. The lowest BCUT2D eigenvalue weighted by Gasteiger charge is -2.29. The molecule has 3 rings (SSSR count). The molecule has 1 aliphatic rings. The average Bonchev–Trinajstić information content (AvgIpc) is 2.93. The molecule has 6 nitrogen and oxygen atoms in total. The zero-order chi connectivity index (χ0) is 14.1. The van der Waals surface area contributed by atoms with Crippen LogP contribution >= 0.6 is 11.6 Å².